The van der Waals surface area contributed by atoms with Crippen LogP contribution < -0.4 is 5.32 Å². The van der Waals surface area contributed by atoms with E-state index in [1.165, 1.54) is 6.92 Å². The zero-order chi connectivity index (χ0) is 56.8. The number of aliphatic hydroxyl groups is 2. The van der Waals surface area contributed by atoms with Gasteiger partial charge >= 0.3 is 0 Å². The fourth-order valence-corrected chi connectivity index (χ4v) is 11.2. The summed E-state index contributed by atoms with van der Waals surface area (Å²) in [5.41, 5.74) is 4.53. The highest BCUT2D eigenvalue weighted by atomic mass is 28.3. The maximum atomic E-state index is 13.2. The third-order valence-electron chi connectivity index (χ3n) is 14.6. The molecule has 15 atom stereocenters. The van der Waals surface area contributed by atoms with E-state index in [0.717, 1.165) is 33.9 Å². The molecule has 3 N–H and O–H groups in total. The summed E-state index contributed by atoms with van der Waals surface area (Å²) in [6.07, 6.45) is -14.9. The van der Waals surface area contributed by atoms with Crippen molar-refractivity contribution in [2.75, 3.05) is 26.4 Å². The maximum absolute atomic E-state index is 13.2. The number of amides is 1. The van der Waals surface area contributed by atoms with E-state index in [1.54, 1.807) is 13.8 Å². The number of carbonyl (C=O) groups is 1. The van der Waals surface area contributed by atoms with Gasteiger partial charge in [0.05, 0.1) is 52.9 Å². The Balaban J connectivity index is 1.10. The lowest BCUT2D eigenvalue weighted by Gasteiger charge is -2.50. The van der Waals surface area contributed by atoms with Crippen molar-refractivity contribution in [3.05, 3.63) is 179 Å². The summed E-state index contributed by atoms with van der Waals surface area (Å²) in [7, 11) is -1.59. The second kappa shape index (κ2) is 29.1. The molecule has 438 valence electrons. The predicted octanol–water partition coefficient (Wildman–Crippen LogP) is 7.85. The van der Waals surface area contributed by atoms with Gasteiger partial charge in [0.25, 0.3) is 0 Å². The van der Waals surface area contributed by atoms with Crippen LogP contribution in [0.25, 0.3) is 0 Å². The van der Waals surface area contributed by atoms with Crippen molar-refractivity contribution < 1.29 is 76.6 Å². The highest BCUT2D eigenvalue weighted by Gasteiger charge is 2.59. The number of hydrogen-bond acceptors (Lipinski definition) is 16. The van der Waals surface area contributed by atoms with Gasteiger partial charge in [-0.3, -0.25) is 4.79 Å². The number of carbonyl (C=O) groups excluding carboxylic acids is 1. The normalized spacial score (nSPS) is 30.1. The summed E-state index contributed by atoms with van der Waals surface area (Å²) in [5.74, 6) is -1.47. The third-order valence-corrected chi connectivity index (χ3v) is 16.3. The number of hydrogen-bond donors (Lipinski definition) is 3. The molecule has 0 aromatic heterocycles. The van der Waals surface area contributed by atoms with E-state index in [1.807, 2.05) is 152 Å². The van der Waals surface area contributed by atoms with Gasteiger partial charge in [-0.2, -0.15) is 0 Å². The lowest BCUT2D eigenvalue weighted by Crippen LogP contribution is -2.68. The summed E-state index contributed by atoms with van der Waals surface area (Å²) in [6, 6.07) is 48.8. The van der Waals surface area contributed by atoms with Gasteiger partial charge in [-0.1, -0.05) is 171 Å². The molecule has 4 aliphatic heterocycles. The van der Waals surface area contributed by atoms with Crippen molar-refractivity contribution in [2.24, 2.45) is 0 Å². The first-order chi connectivity index (χ1) is 39.2. The van der Waals surface area contributed by atoms with Crippen LogP contribution in [-0.4, -0.2) is 148 Å². The summed E-state index contributed by atoms with van der Waals surface area (Å²) >= 11 is 0. The van der Waals surface area contributed by atoms with Crippen molar-refractivity contribution >= 4 is 14.0 Å². The van der Waals surface area contributed by atoms with E-state index in [4.69, 9.17) is 61.6 Å². The van der Waals surface area contributed by atoms with E-state index in [2.05, 4.69) is 25.0 Å². The van der Waals surface area contributed by atoms with Gasteiger partial charge in [-0.15, -0.1) is 0 Å². The molecule has 4 saturated heterocycles. The van der Waals surface area contributed by atoms with Gasteiger partial charge in [0.2, 0.25) is 5.91 Å². The molecule has 0 saturated carbocycles. The monoisotopic (exact) mass is 1140 g/mol. The second-order valence-corrected chi connectivity index (χ2v) is 28.4. The van der Waals surface area contributed by atoms with Gasteiger partial charge in [-0.05, 0) is 47.7 Å². The van der Waals surface area contributed by atoms with Crippen molar-refractivity contribution in [3.63, 3.8) is 0 Å². The van der Waals surface area contributed by atoms with Crippen LogP contribution in [0.2, 0.25) is 25.7 Å². The van der Waals surface area contributed by atoms with Crippen molar-refractivity contribution in [3.8, 4) is 0 Å². The molecule has 81 heavy (non-hydrogen) atoms. The van der Waals surface area contributed by atoms with Crippen LogP contribution in [-0.2, 0) is 99.4 Å². The maximum Gasteiger partial charge on any atom is 0.217 e. The van der Waals surface area contributed by atoms with Gasteiger partial charge < -0.3 is 77.1 Å². The molecule has 17 nitrogen and oxygen atoms in total. The molecule has 0 aliphatic carbocycles. The topological polar surface area (TPSA) is 190 Å². The number of rotatable bonds is 27. The second-order valence-electron chi connectivity index (χ2n) is 22.8. The molecule has 4 aliphatic rings. The average molecular weight is 1140 g/mol. The van der Waals surface area contributed by atoms with Crippen molar-refractivity contribution in [1.82, 2.24) is 5.32 Å². The molecular weight excluding hydrogens is 1050 g/mol. The zero-order valence-electron chi connectivity index (χ0n) is 47.3. The summed E-state index contributed by atoms with van der Waals surface area (Å²) in [4.78, 5) is 13.0. The molecule has 5 aromatic carbocycles. The van der Waals surface area contributed by atoms with Crippen LogP contribution in [0.1, 0.15) is 48.6 Å². The van der Waals surface area contributed by atoms with Crippen LogP contribution in [0.4, 0.5) is 0 Å². The van der Waals surface area contributed by atoms with Crippen LogP contribution in [0.3, 0.4) is 0 Å². The Hall–Kier alpha value is -4.81. The lowest BCUT2D eigenvalue weighted by molar-refractivity contribution is -0.383. The minimum Gasteiger partial charge on any atom is -0.394 e. The van der Waals surface area contributed by atoms with E-state index in [9.17, 15) is 15.0 Å². The van der Waals surface area contributed by atoms with E-state index >= 15 is 0 Å². The average Bonchev–Trinajstić information content (AvgIpc) is 4.00. The molecule has 4 fully saturated rings. The smallest absolute Gasteiger partial charge is 0.217 e. The SMILES string of the molecule is CC(=O)N[C@H]1[C@H](O[C@@H]2[C@H](O)[C@@H](OCc3ccccc3)[C@H](O[C@H]3[C@H](OCc4ccccc4)[C@@H](OCc4ccccc4)[C@H](OCC[Si](C)(C)C)O[C@@H]3COCc3ccccc3)O[C@@H]2COCc2ccccc2)O[C@H](CO)[C@@H]2OC(C)(C)O[C@H]12. The molecule has 18 heteroatoms. The zero-order valence-corrected chi connectivity index (χ0v) is 48.3. The van der Waals surface area contributed by atoms with Crippen molar-refractivity contribution in [2.45, 2.75) is 177 Å². The Labute approximate surface area is 477 Å². The predicted molar refractivity (Wildman–Crippen MR) is 302 cm³/mol. The Morgan fingerprint density at radius 1 is 0.519 bits per heavy atom. The van der Waals surface area contributed by atoms with Crippen LogP contribution in [0, 0.1) is 0 Å². The molecule has 0 radical (unpaired) electrons. The van der Waals surface area contributed by atoms with Crippen LogP contribution in [0.5, 0.6) is 0 Å². The number of nitrogens with one attached hydrogen (secondary N) is 1. The Bertz CT molecular complexity index is 2620. The van der Waals surface area contributed by atoms with E-state index in [0.29, 0.717) is 6.61 Å². The molecule has 0 bridgehead atoms. The minimum atomic E-state index is -1.59. The van der Waals surface area contributed by atoms with Crippen LogP contribution in [0.15, 0.2) is 152 Å². The van der Waals surface area contributed by atoms with E-state index < -0.39 is 113 Å². The number of fused-ring (bicyclic) bond motifs is 1. The summed E-state index contributed by atoms with van der Waals surface area (Å²) < 4.78 is 88.2. The Kier molecular flexibility index (Phi) is 21.9. The fourth-order valence-electron chi connectivity index (χ4n) is 10.5. The first-order valence-corrected chi connectivity index (χ1v) is 31.9. The standard InChI is InChI=1S/C63H81NO16Si/c1-42(66)64-51-56-55(79-63(2,3)80-56)48(34-65)74-60(51)77-53-49(40-68-35-43-22-12-7-13-23-43)76-62(57(52(53)67)71-37-45-26-16-9-17-27-45)78-54-50(41-69-36-44-24-14-8-15-25-44)75-61(70-32-33-81(4,5)6)59(73-39-47-30-20-11-21-31-47)58(54)72-38-46-28-18-10-19-29-46/h7-31,48-62,65,67H,32-41H2,1-6H3,(H,64,66)/t48-,49-,50-,51-,52+,53+,54-,55+,56-,57-,58+,59-,60+,61-,62+/m1/s1. The highest BCUT2D eigenvalue weighted by Crippen LogP contribution is 2.41. The van der Waals surface area contributed by atoms with Gasteiger partial charge in [0, 0.05) is 21.6 Å². The molecule has 1 amide bonds. The molecule has 0 spiro atoms. The first-order valence-electron chi connectivity index (χ1n) is 28.2. The van der Waals surface area contributed by atoms with E-state index in [-0.39, 0.29) is 52.2 Å². The van der Waals surface area contributed by atoms with Crippen molar-refractivity contribution in [1.29, 1.82) is 0 Å². The number of benzene rings is 5. The lowest BCUT2D eigenvalue weighted by atomic mass is 9.94. The molecule has 5 aromatic rings. The first kappa shape index (κ1) is 60.8. The van der Waals surface area contributed by atoms with Gasteiger partial charge in [0.15, 0.2) is 24.7 Å². The summed E-state index contributed by atoms with van der Waals surface area (Å²) in [6.45, 7) is 12.5. The molecular formula is C63H81NO16Si. The molecule has 4 heterocycles. The largest absolute Gasteiger partial charge is 0.394 e. The highest BCUT2D eigenvalue weighted by molar-refractivity contribution is 6.76. The molecule has 0 unspecified atom stereocenters. The minimum absolute atomic E-state index is 0.0323. The fraction of sp³-hybridized carbons (Fsp3) is 0.508. The van der Waals surface area contributed by atoms with Crippen LogP contribution >= 0.6 is 0 Å². The Morgan fingerprint density at radius 3 is 1.42 bits per heavy atom. The van der Waals surface area contributed by atoms with Gasteiger partial charge in [0.1, 0.15) is 73.2 Å². The third kappa shape index (κ3) is 17.2. The van der Waals surface area contributed by atoms with Gasteiger partial charge in [-0.25, -0.2) is 0 Å². The summed E-state index contributed by atoms with van der Waals surface area (Å²) in [5, 5.41) is 26.8. The quantitative estimate of drug-likeness (QED) is 0.0431. The number of aliphatic hydroxyl groups excluding tert-OH is 2. The number of ether oxygens (including phenoxy) is 13. The Morgan fingerprint density at radius 2 is 0.938 bits per heavy atom. The molecule has 9 rings (SSSR count).